The molecule has 2 rings (SSSR count). The lowest BCUT2D eigenvalue weighted by molar-refractivity contribution is -0.111. The Morgan fingerprint density at radius 3 is 2.43 bits per heavy atom. The highest BCUT2D eigenvalue weighted by molar-refractivity contribution is 6.03. The van der Waals surface area contributed by atoms with E-state index < -0.39 is 5.97 Å². The number of nitrogens with one attached hydrogen (secondary N) is 1. The van der Waals surface area contributed by atoms with Gasteiger partial charge in [-0.15, -0.1) is 0 Å². The molecule has 0 aliphatic rings. The highest BCUT2D eigenvalue weighted by Crippen LogP contribution is 2.21. The van der Waals surface area contributed by atoms with Crippen LogP contribution in [-0.4, -0.2) is 22.1 Å². The fraction of sp³-hybridized carbons (Fsp3) is 0. The zero-order valence-corrected chi connectivity index (χ0v) is 11.0. The van der Waals surface area contributed by atoms with E-state index in [0.717, 1.165) is 5.56 Å². The molecule has 0 atom stereocenters. The second kappa shape index (κ2) is 6.38. The van der Waals surface area contributed by atoms with Crippen LogP contribution in [0.15, 0.2) is 54.6 Å². The molecule has 0 heterocycles. The van der Waals surface area contributed by atoms with E-state index in [9.17, 15) is 14.7 Å². The molecule has 0 aromatic heterocycles. The van der Waals surface area contributed by atoms with Gasteiger partial charge in [-0.05, 0) is 29.8 Å². The molecule has 0 saturated carbocycles. The number of amides is 1. The number of carbonyl (C=O) groups is 2. The van der Waals surface area contributed by atoms with Crippen molar-refractivity contribution in [3.05, 3.63) is 65.7 Å². The molecule has 5 nitrogen and oxygen atoms in total. The van der Waals surface area contributed by atoms with Crippen LogP contribution in [0, 0.1) is 0 Å². The average Bonchev–Trinajstić information content (AvgIpc) is 2.48. The van der Waals surface area contributed by atoms with E-state index in [1.165, 1.54) is 24.3 Å². The highest BCUT2D eigenvalue weighted by atomic mass is 16.4. The number of carboxylic acids is 1. The van der Waals surface area contributed by atoms with Crippen molar-refractivity contribution in [2.45, 2.75) is 0 Å². The first-order chi connectivity index (χ1) is 10.1. The molecule has 0 saturated heterocycles. The predicted octanol–water partition coefficient (Wildman–Crippen LogP) is 2.74. The fourth-order valence-corrected chi connectivity index (χ4v) is 1.71. The number of hydrogen-bond donors (Lipinski definition) is 3. The van der Waals surface area contributed by atoms with Crippen LogP contribution in [0.2, 0.25) is 0 Å². The monoisotopic (exact) mass is 283 g/mol. The summed E-state index contributed by atoms with van der Waals surface area (Å²) in [5.74, 6) is -2.00. The number of phenols is 1. The number of aromatic carboxylic acids is 1. The number of anilines is 1. The Kier molecular flexibility index (Phi) is 4.36. The molecule has 5 heteroatoms. The molecule has 3 N–H and O–H groups in total. The summed E-state index contributed by atoms with van der Waals surface area (Å²) in [6, 6.07) is 13.1. The van der Waals surface area contributed by atoms with Crippen LogP contribution in [0.3, 0.4) is 0 Å². The average molecular weight is 283 g/mol. The van der Waals surface area contributed by atoms with Gasteiger partial charge < -0.3 is 15.5 Å². The Balaban J connectivity index is 2.08. The van der Waals surface area contributed by atoms with Crippen LogP contribution in [0.5, 0.6) is 5.75 Å². The Bertz CT molecular complexity index is 693. The van der Waals surface area contributed by atoms with Crippen molar-refractivity contribution >= 4 is 23.6 Å². The van der Waals surface area contributed by atoms with Gasteiger partial charge in [-0.25, -0.2) is 4.79 Å². The third-order valence-electron chi connectivity index (χ3n) is 2.72. The van der Waals surface area contributed by atoms with Crippen LogP contribution >= 0.6 is 0 Å². The van der Waals surface area contributed by atoms with Crippen molar-refractivity contribution in [2.24, 2.45) is 0 Å². The van der Waals surface area contributed by atoms with Crippen LogP contribution in [0.25, 0.3) is 6.08 Å². The molecular formula is C16H13NO4. The Morgan fingerprint density at radius 2 is 1.76 bits per heavy atom. The molecule has 21 heavy (non-hydrogen) atoms. The van der Waals surface area contributed by atoms with Crippen LogP contribution in [0.1, 0.15) is 15.9 Å². The van der Waals surface area contributed by atoms with Gasteiger partial charge in [0.1, 0.15) is 11.3 Å². The molecule has 2 aromatic carbocycles. The lowest BCUT2D eigenvalue weighted by Crippen LogP contribution is -2.08. The van der Waals surface area contributed by atoms with Gasteiger partial charge in [0.25, 0.3) is 0 Å². The first kappa shape index (κ1) is 14.3. The summed E-state index contributed by atoms with van der Waals surface area (Å²) in [5.41, 5.74) is 0.914. The molecule has 0 aliphatic carbocycles. The zero-order valence-electron chi connectivity index (χ0n) is 11.0. The predicted molar refractivity (Wildman–Crippen MR) is 79.2 cm³/mol. The van der Waals surface area contributed by atoms with E-state index in [4.69, 9.17) is 5.11 Å². The maximum atomic E-state index is 11.7. The number of aromatic hydroxyl groups is 1. The van der Waals surface area contributed by atoms with Crippen molar-refractivity contribution in [3.63, 3.8) is 0 Å². The minimum absolute atomic E-state index is 0.264. The van der Waals surface area contributed by atoms with Crippen molar-refractivity contribution in [1.29, 1.82) is 0 Å². The lowest BCUT2D eigenvalue weighted by Gasteiger charge is -2.05. The third-order valence-corrected chi connectivity index (χ3v) is 2.72. The van der Waals surface area contributed by atoms with E-state index >= 15 is 0 Å². The van der Waals surface area contributed by atoms with Gasteiger partial charge in [-0.1, -0.05) is 30.3 Å². The minimum Gasteiger partial charge on any atom is -0.507 e. The van der Waals surface area contributed by atoms with Gasteiger partial charge in [0.2, 0.25) is 5.91 Å². The van der Waals surface area contributed by atoms with E-state index in [1.54, 1.807) is 6.08 Å². The molecule has 0 fully saturated rings. The quantitative estimate of drug-likeness (QED) is 0.595. The number of rotatable bonds is 4. The van der Waals surface area contributed by atoms with Crippen LogP contribution in [0.4, 0.5) is 5.69 Å². The SMILES string of the molecule is O=C(/C=C/c1ccccc1)Nc1ccc(O)c(C(=O)O)c1. The van der Waals surface area contributed by atoms with Crippen molar-refractivity contribution in [1.82, 2.24) is 0 Å². The lowest BCUT2D eigenvalue weighted by atomic mass is 10.1. The van der Waals surface area contributed by atoms with Gasteiger partial charge in [0.05, 0.1) is 0 Å². The molecule has 2 aromatic rings. The zero-order chi connectivity index (χ0) is 15.2. The summed E-state index contributed by atoms with van der Waals surface area (Å²) in [4.78, 5) is 22.6. The van der Waals surface area contributed by atoms with Gasteiger partial charge in [-0.3, -0.25) is 4.79 Å². The summed E-state index contributed by atoms with van der Waals surface area (Å²) in [6.07, 6.45) is 3.00. The molecule has 0 spiro atoms. The standard InChI is InChI=1S/C16H13NO4/c18-14-8-7-12(10-13(14)16(20)21)17-15(19)9-6-11-4-2-1-3-5-11/h1-10,18H,(H,17,19)(H,20,21)/b9-6+. The van der Waals surface area contributed by atoms with Gasteiger partial charge in [0, 0.05) is 11.8 Å². The molecule has 0 aliphatic heterocycles. The molecule has 0 unspecified atom stereocenters. The van der Waals surface area contributed by atoms with E-state index in [1.807, 2.05) is 30.3 Å². The van der Waals surface area contributed by atoms with Crippen molar-refractivity contribution in [3.8, 4) is 5.75 Å². The number of carbonyl (C=O) groups excluding carboxylic acids is 1. The number of hydrogen-bond acceptors (Lipinski definition) is 3. The molecule has 0 radical (unpaired) electrons. The number of carboxylic acid groups (broad SMARTS) is 1. The summed E-state index contributed by atoms with van der Waals surface area (Å²) in [5, 5.41) is 20.8. The Morgan fingerprint density at radius 1 is 1.05 bits per heavy atom. The van der Waals surface area contributed by atoms with E-state index in [-0.39, 0.29) is 17.2 Å². The molecule has 106 valence electrons. The van der Waals surface area contributed by atoms with Gasteiger partial charge in [-0.2, -0.15) is 0 Å². The fourth-order valence-electron chi connectivity index (χ4n) is 1.71. The third kappa shape index (κ3) is 3.94. The summed E-state index contributed by atoms with van der Waals surface area (Å²) < 4.78 is 0. The second-order valence-corrected chi connectivity index (χ2v) is 4.27. The molecule has 1 amide bonds. The maximum absolute atomic E-state index is 11.7. The van der Waals surface area contributed by atoms with Crippen molar-refractivity contribution in [2.75, 3.05) is 5.32 Å². The van der Waals surface area contributed by atoms with Crippen molar-refractivity contribution < 1.29 is 19.8 Å². The molecule has 0 bridgehead atoms. The highest BCUT2D eigenvalue weighted by Gasteiger charge is 2.10. The van der Waals surface area contributed by atoms with E-state index in [2.05, 4.69) is 5.32 Å². The minimum atomic E-state index is -1.26. The maximum Gasteiger partial charge on any atom is 0.339 e. The van der Waals surface area contributed by atoms with Crippen LogP contribution in [-0.2, 0) is 4.79 Å². The van der Waals surface area contributed by atoms with Crippen LogP contribution < -0.4 is 5.32 Å². The Hall–Kier alpha value is -3.08. The first-order valence-electron chi connectivity index (χ1n) is 6.16. The summed E-state index contributed by atoms with van der Waals surface area (Å²) >= 11 is 0. The normalized spacial score (nSPS) is 10.5. The number of benzene rings is 2. The largest absolute Gasteiger partial charge is 0.507 e. The summed E-state index contributed by atoms with van der Waals surface area (Å²) in [7, 11) is 0. The summed E-state index contributed by atoms with van der Waals surface area (Å²) in [6.45, 7) is 0. The first-order valence-corrected chi connectivity index (χ1v) is 6.16. The smallest absolute Gasteiger partial charge is 0.339 e. The molecular weight excluding hydrogens is 270 g/mol. The van der Waals surface area contributed by atoms with Gasteiger partial charge in [0.15, 0.2) is 0 Å². The second-order valence-electron chi connectivity index (χ2n) is 4.27. The van der Waals surface area contributed by atoms with E-state index in [0.29, 0.717) is 5.69 Å². The van der Waals surface area contributed by atoms with Gasteiger partial charge >= 0.3 is 5.97 Å². The Labute approximate surface area is 121 Å². The topological polar surface area (TPSA) is 86.6 Å².